The molecule has 0 radical (unpaired) electrons. The molecule has 2 aromatic heterocycles. The first-order valence-corrected chi connectivity index (χ1v) is 8.04. The van der Waals surface area contributed by atoms with E-state index in [1.807, 2.05) is 54.1 Å². The van der Waals surface area contributed by atoms with Crippen LogP contribution in [0.2, 0.25) is 0 Å². The van der Waals surface area contributed by atoms with Crippen LogP contribution < -0.4 is 5.32 Å². The van der Waals surface area contributed by atoms with Crippen molar-refractivity contribution in [3.8, 4) is 0 Å². The maximum Gasteiger partial charge on any atom is 0.193 e. The molecule has 6 nitrogen and oxygen atoms in total. The number of fused-ring (bicyclic) bond motifs is 1. The molecule has 3 aromatic rings. The van der Waals surface area contributed by atoms with Gasteiger partial charge in [0.25, 0.3) is 0 Å². The lowest BCUT2D eigenvalue weighted by atomic mass is 10.2. The predicted molar refractivity (Wildman–Crippen MR) is 96.0 cm³/mol. The van der Waals surface area contributed by atoms with Gasteiger partial charge in [-0.3, -0.25) is 9.67 Å². The van der Waals surface area contributed by atoms with Gasteiger partial charge in [-0.05, 0) is 24.6 Å². The molecule has 0 unspecified atom stereocenters. The molecule has 0 bridgehead atoms. The Labute approximate surface area is 141 Å². The zero-order valence-corrected chi connectivity index (χ0v) is 14.4. The first-order chi connectivity index (χ1) is 11.7. The first kappa shape index (κ1) is 16.1. The molecular formula is C18H23N5O. The summed E-state index contributed by atoms with van der Waals surface area (Å²) in [6, 6.07) is 10.1. The highest BCUT2D eigenvalue weighted by molar-refractivity contribution is 5.80. The zero-order chi connectivity index (χ0) is 16.9. The molecule has 1 aromatic carbocycles. The second-order valence-electron chi connectivity index (χ2n) is 5.86. The molecular weight excluding hydrogens is 302 g/mol. The van der Waals surface area contributed by atoms with Crippen LogP contribution in [-0.4, -0.2) is 41.3 Å². The Morgan fingerprint density at radius 3 is 2.92 bits per heavy atom. The van der Waals surface area contributed by atoms with Crippen LogP contribution in [0.3, 0.4) is 0 Å². The molecule has 0 fully saturated rings. The number of para-hydroxylation sites is 1. The minimum absolute atomic E-state index is 0.662. The molecule has 0 saturated carbocycles. The fraction of sp³-hybridized carbons (Fsp3) is 0.333. The Morgan fingerprint density at radius 1 is 1.38 bits per heavy atom. The van der Waals surface area contributed by atoms with Crippen molar-refractivity contribution in [2.45, 2.75) is 20.0 Å². The fourth-order valence-corrected chi connectivity index (χ4v) is 2.68. The van der Waals surface area contributed by atoms with E-state index in [1.54, 1.807) is 7.05 Å². The van der Waals surface area contributed by atoms with Gasteiger partial charge in [-0.2, -0.15) is 5.10 Å². The van der Waals surface area contributed by atoms with Gasteiger partial charge in [0.2, 0.25) is 0 Å². The molecule has 0 aliphatic heterocycles. The monoisotopic (exact) mass is 325 g/mol. The van der Waals surface area contributed by atoms with Gasteiger partial charge >= 0.3 is 0 Å². The van der Waals surface area contributed by atoms with Crippen molar-refractivity contribution in [1.82, 2.24) is 20.0 Å². The van der Waals surface area contributed by atoms with Gasteiger partial charge in [-0.15, -0.1) is 0 Å². The Morgan fingerprint density at radius 2 is 2.21 bits per heavy atom. The molecule has 0 aliphatic rings. The summed E-state index contributed by atoms with van der Waals surface area (Å²) in [4.78, 5) is 6.38. The minimum Gasteiger partial charge on any atom is -0.459 e. The quantitative estimate of drug-likeness (QED) is 0.579. The zero-order valence-electron chi connectivity index (χ0n) is 14.4. The smallest absolute Gasteiger partial charge is 0.193 e. The molecule has 0 aliphatic carbocycles. The average molecular weight is 325 g/mol. The van der Waals surface area contributed by atoms with Gasteiger partial charge < -0.3 is 14.6 Å². The largest absolute Gasteiger partial charge is 0.459 e. The molecule has 126 valence electrons. The highest BCUT2D eigenvalue weighted by Gasteiger charge is 2.10. The lowest BCUT2D eigenvalue weighted by molar-refractivity contribution is 0.411. The number of hydrogen-bond donors (Lipinski definition) is 1. The van der Waals surface area contributed by atoms with Crippen LogP contribution in [0.15, 0.2) is 52.1 Å². The Hall–Kier alpha value is -2.76. The third-order valence-electron chi connectivity index (χ3n) is 3.83. The number of benzene rings is 1. The standard InChI is InChI=1S/C18H23N5O/c1-14-11-21-23(12-14)9-8-20-18(19-2)22(3)13-16-10-15-6-4-5-7-17(15)24-16/h4-7,10-12H,8-9,13H2,1-3H3,(H,19,20). The number of nitrogens with zero attached hydrogens (tertiary/aromatic N) is 4. The SMILES string of the molecule is CN=C(NCCn1cc(C)cn1)N(C)Cc1cc2ccccc2o1. The van der Waals surface area contributed by atoms with E-state index in [4.69, 9.17) is 4.42 Å². The summed E-state index contributed by atoms with van der Waals surface area (Å²) in [6.45, 7) is 4.26. The average Bonchev–Trinajstić information content (AvgIpc) is 3.16. The summed E-state index contributed by atoms with van der Waals surface area (Å²) in [5.41, 5.74) is 2.08. The Kier molecular flexibility index (Phi) is 4.84. The van der Waals surface area contributed by atoms with Crippen LogP contribution in [0.25, 0.3) is 11.0 Å². The summed E-state index contributed by atoms with van der Waals surface area (Å²) < 4.78 is 7.80. The molecule has 1 N–H and O–H groups in total. The number of nitrogens with one attached hydrogen (secondary N) is 1. The molecule has 6 heteroatoms. The van der Waals surface area contributed by atoms with Gasteiger partial charge in [0.05, 0.1) is 19.3 Å². The van der Waals surface area contributed by atoms with Crippen molar-refractivity contribution in [1.29, 1.82) is 0 Å². The Balaban J connectivity index is 1.56. The first-order valence-electron chi connectivity index (χ1n) is 8.04. The van der Waals surface area contributed by atoms with E-state index in [-0.39, 0.29) is 0 Å². The lowest BCUT2D eigenvalue weighted by Gasteiger charge is -2.21. The highest BCUT2D eigenvalue weighted by atomic mass is 16.3. The Bertz CT molecular complexity index is 800. The summed E-state index contributed by atoms with van der Waals surface area (Å²) in [7, 11) is 3.79. The van der Waals surface area contributed by atoms with Crippen molar-refractivity contribution in [2.24, 2.45) is 4.99 Å². The van der Waals surface area contributed by atoms with E-state index < -0.39 is 0 Å². The third-order valence-corrected chi connectivity index (χ3v) is 3.83. The van der Waals surface area contributed by atoms with Crippen LogP contribution in [0.5, 0.6) is 0 Å². The van der Waals surface area contributed by atoms with E-state index >= 15 is 0 Å². The number of aliphatic imine (C=N–C) groups is 1. The predicted octanol–water partition coefficient (Wildman–Crippen LogP) is 2.65. The molecule has 0 spiro atoms. The summed E-state index contributed by atoms with van der Waals surface area (Å²) >= 11 is 0. The van der Waals surface area contributed by atoms with Gasteiger partial charge in [0.1, 0.15) is 11.3 Å². The van der Waals surface area contributed by atoms with Gasteiger partial charge in [0.15, 0.2) is 5.96 Å². The highest BCUT2D eigenvalue weighted by Crippen LogP contribution is 2.19. The summed E-state index contributed by atoms with van der Waals surface area (Å²) in [6.07, 6.45) is 3.89. The van der Waals surface area contributed by atoms with E-state index in [2.05, 4.69) is 27.5 Å². The third kappa shape index (κ3) is 3.76. The molecule has 0 atom stereocenters. The number of furan rings is 1. The van der Waals surface area contributed by atoms with E-state index in [1.165, 1.54) is 5.56 Å². The topological polar surface area (TPSA) is 58.6 Å². The summed E-state index contributed by atoms with van der Waals surface area (Å²) in [5.74, 6) is 1.75. The van der Waals surface area contributed by atoms with Crippen LogP contribution >= 0.6 is 0 Å². The normalized spacial score (nSPS) is 11.9. The van der Waals surface area contributed by atoms with Crippen LogP contribution in [-0.2, 0) is 13.1 Å². The second kappa shape index (κ2) is 7.21. The maximum atomic E-state index is 5.87. The number of hydrogen-bond acceptors (Lipinski definition) is 3. The summed E-state index contributed by atoms with van der Waals surface area (Å²) in [5, 5.41) is 8.76. The van der Waals surface area contributed by atoms with Gasteiger partial charge in [0, 0.05) is 32.2 Å². The van der Waals surface area contributed by atoms with Crippen molar-refractivity contribution in [3.63, 3.8) is 0 Å². The van der Waals surface area contributed by atoms with Crippen LogP contribution in [0, 0.1) is 6.92 Å². The molecule has 3 rings (SSSR count). The van der Waals surface area contributed by atoms with E-state index in [0.717, 1.165) is 35.8 Å². The van der Waals surface area contributed by atoms with Crippen molar-refractivity contribution in [2.75, 3.05) is 20.6 Å². The molecule has 0 saturated heterocycles. The molecule has 2 heterocycles. The van der Waals surface area contributed by atoms with Crippen molar-refractivity contribution >= 4 is 16.9 Å². The van der Waals surface area contributed by atoms with Gasteiger partial charge in [-0.25, -0.2) is 0 Å². The number of aromatic nitrogens is 2. The molecule has 24 heavy (non-hydrogen) atoms. The second-order valence-corrected chi connectivity index (χ2v) is 5.86. The van der Waals surface area contributed by atoms with Crippen molar-refractivity contribution in [3.05, 3.63) is 54.0 Å². The van der Waals surface area contributed by atoms with E-state index in [9.17, 15) is 0 Å². The van der Waals surface area contributed by atoms with Gasteiger partial charge in [-0.1, -0.05) is 18.2 Å². The van der Waals surface area contributed by atoms with Crippen LogP contribution in [0.1, 0.15) is 11.3 Å². The minimum atomic E-state index is 0.662. The number of aryl methyl sites for hydroxylation is 1. The van der Waals surface area contributed by atoms with E-state index in [0.29, 0.717) is 6.54 Å². The maximum absolute atomic E-state index is 5.87. The number of guanidine groups is 1. The lowest BCUT2D eigenvalue weighted by Crippen LogP contribution is -2.39. The fourth-order valence-electron chi connectivity index (χ4n) is 2.68. The molecule has 0 amide bonds. The van der Waals surface area contributed by atoms with Crippen molar-refractivity contribution < 1.29 is 4.42 Å². The van der Waals surface area contributed by atoms with Crippen LogP contribution in [0.4, 0.5) is 0 Å². The number of rotatable bonds is 5.